The van der Waals surface area contributed by atoms with Gasteiger partial charge in [0.15, 0.2) is 0 Å². The van der Waals surface area contributed by atoms with Crippen LogP contribution in [0.2, 0.25) is 5.02 Å². The van der Waals surface area contributed by atoms with Crippen LogP contribution in [0.15, 0.2) is 36.5 Å². The van der Waals surface area contributed by atoms with E-state index >= 15 is 0 Å². The van der Waals surface area contributed by atoms with Crippen LogP contribution in [-0.2, 0) is 0 Å². The molecule has 4 nitrogen and oxygen atoms in total. The van der Waals surface area contributed by atoms with E-state index in [1.54, 1.807) is 24.4 Å². The maximum absolute atomic E-state index is 12.4. The number of rotatable bonds is 2. The second-order valence-corrected chi connectivity index (χ2v) is 6.05. The molecule has 0 atom stereocenters. The third-order valence-corrected chi connectivity index (χ3v) is 4.52. The van der Waals surface area contributed by atoms with Gasteiger partial charge in [0.25, 0.3) is 5.91 Å². The predicted octanol–water partition coefficient (Wildman–Crippen LogP) is 4.09. The minimum atomic E-state index is -0.249. The Balaban J connectivity index is 1.97. The summed E-state index contributed by atoms with van der Waals surface area (Å²) in [4.78, 5) is 17.9. The highest BCUT2D eigenvalue weighted by molar-refractivity contribution is 7.21. The zero-order valence-electron chi connectivity index (χ0n) is 11.2. The summed E-state index contributed by atoms with van der Waals surface area (Å²) >= 11 is 7.24. The molecule has 0 aliphatic heterocycles. The van der Waals surface area contributed by atoms with Crippen molar-refractivity contribution < 1.29 is 4.79 Å². The average Bonchev–Trinajstić information content (AvgIpc) is 2.81. The lowest BCUT2D eigenvalue weighted by Crippen LogP contribution is -2.12. The molecule has 0 spiro atoms. The van der Waals surface area contributed by atoms with Crippen LogP contribution < -0.4 is 11.1 Å². The fourth-order valence-electron chi connectivity index (χ4n) is 2.03. The minimum absolute atomic E-state index is 0.249. The van der Waals surface area contributed by atoms with Crippen molar-refractivity contribution in [3.8, 4) is 0 Å². The molecule has 2 heterocycles. The number of nitrogens with zero attached hydrogens (tertiary/aromatic N) is 1. The first-order chi connectivity index (χ1) is 10.1. The molecule has 0 aliphatic rings. The number of nitrogens with one attached hydrogen (secondary N) is 1. The van der Waals surface area contributed by atoms with Crippen molar-refractivity contribution in [3.63, 3.8) is 0 Å². The van der Waals surface area contributed by atoms with E-state index < -0.39 is 0 Å². The maximum atomic E-state index is 12.4. The second kappa shape index (κ2) is 5.35. The SMILES string of the molecule is Cc1ccc(Cl)cc1NC(=O)c1sc2ncccc2c1N. The van der Waals surface area contributed by atoms with E-state index in [2.05, 4.69) is 10.3 Å². The van der Waals surface area contributed by atoms with Crippen LogP contribution in [0.4, 0.5) is 11.4 Å². The fraction of sp³-hybridized carbons (Fsp3) is 0.0667. The number of aryl methyl sites for hydroxylation is 1. The molecule has 6 heteroatoms. The second-order valence-electron chi connectivity index (χ2n) is 4.61. The molecule has 0 saturated carbocycles. The number of carbonyl (C=O) groups is 1. The van der Waals surface area contributed by atoms with Crippen LogP contribution in [0.25, 0.3) is 10.2 Å². The van der Waals surface area contributed by atoms with Crippen molar-refractivity contribution in [1.82, 2.24) is 4.98 Å². The normalized spacial score (nSPS) is 10.8. The molecule has 3 N–H and O–H groups in total. The molecule has 1 amide bonds. The molecule has 0 fully saturated rings. The molecule has 3 aromatic rings. The Labute approximate surface area is 130 Å². The Morgan fingerprint density at radius 1 is 1.38 bits per heavy atom. The lowest BCUT2D eigenvalue weighted by molar-refractivity contribution is 0.103. The molecule has 2 aromatic heterocycles. The standard InChI is InChI=1S/C15H12ClN3OS/c1-8-4-5-9(16)7-11(8)19-14(20)13-12(17)10-3-2-6-18-15(10)21-13/h2-7H,17H2,1H3,(H,19,20). The minimum Gasteiger partial charge on any atom is -0.397 e. The van der Waals surface area contributed by atoms with Crippen molar-refractivity contribution >= 4 is 50.4 Å². The van der Waals surface area contributed by atoms with E-state index in [0.29, 0.717) is 21.3 Å². The molecule has 3 rings (SSSR count). The van der Waals surface area contributed by atoms with Crippen molar-refractivity contribution in [1.29, 1.82) is 0 Å². The van der Waals surface area contributed by atoms with Gasteiger partial charge in [0.2, 0.25) is 0 Å². The number of nitrogen functional groups attached to an aromatic ring is 1. The first-order valence-electron chi connectivity index (χ1n) is 6.27. The van der Waals surface area contributed by atoms with Crippen molar-refractivity contribution in [2.45, 2.75) is 6.92 Å². The van der Waals surface area contributed by atoms with Crippen LogP contribution in [0.3, 0.4) is 0 Å². The maximum Gasteiger partial charge on any atom is 0.267 e. The molecule has 0 aliphatic carbocycles. The number of hydrogen-bond donors (Lipinski definition) is 2. The number of thiophene rings is 1. The Morgan fingerprint density at radius 2 is 2.19 bits per heavy atom. The summed E-state index contributed by atoms with van der Waals surface area (Å²) in [5, 5.41) is 4.22. The Kier molecular flexibility index (Phi) is 3.53. The summed E-state index contributed by atoms with van der Waals surface area (Å²) in [5.74, 6) is -0.249. The van der Waals surface area contributed by atoms with Gasteiger partial charge in [0, 0.05) is 22.3 Å². The lowest BCUT2D eigenvalue weighted by atomic mass is 10.2. The van der Waals surface area contributed by atoms with Gasteiger partial charge in [-0.3, -0.25) is 4.79 Å². The lowest BCUT2D eigenvalue weighted by Gasteiger charge is -2.08. The van der Waals surface area contributed by atoms with Gasteiger partial charge in [-0.25, -0.2) is 4.98 Å². The van der Waals surface area contributed by atoms with E-state index in [9.17, 15) is 4.79 Å². The third kappa shape index (κ3) is 2.57. The number of fused-ring (bicyclic) bond motifs is 1. The largest absolute Gasteiger partial charge is 0.397 e. The van der Waals surface area contributed by atoms with Crippen LogP contribution in [0.5, 0.6) is 0 Å². The molecule has 1 aromatic carbocycles. The van der Waals surface area contributed by atoms with Crippen LogP contribution in [-0.4, -0.2) is 10.9 Å². The number of nitrogens with two attached hydrogens (primary N) is 1. The zero-order chi connectivity index (χ0) is 15.0. The van der Waals surface area contributed by atoms with Gasteiger partial charge in [-0.15, -0.1) is 11.3 Å². The van der Waals surface area contributed by atoms with Gasteiger partial charge in [-0.1, -0.05) is 17.7 Å². The van der Waals surface area contributed by atoms with Crippen molar-refractivity contribution in [3.05, 3.63) is 52.0 Å². The molecule has 0 saturated heterocycles. The highest BCUT2D eigenvalue weighted by atomic mass is 35.5. The van der Waals surface area contributed by atoms with Crippen molar-refractivity contribution in [2.24, 2.45) is 0 Å². The fourth-order valence-corrected chi connectivity index (χ4v) is 3.16. The van der Waals surface area contributed by atoms with E-state index in [4.69, 9.17) is 17.3 Å². The number of carbonyl (C=O) groups excluding carboxylic acids is 1. The van der Waals surface area contributed by atoms with Crippen LogP contribution >= 0.6 is 22.9 Å². The summed E-state index contributed by atoms with van der Waals surface area (Å²) in [5.41, 5.74) is 8.12. The Hall–Kier alpha value is -2.11. The first-order valence-corrected chi connectivity index (χ1v) is 7.46. The molecular formula is C15H12ClN3OS. The number of amides is 1. The van der Waals surface area contributed by atoms with Gasteiger partial charge in [0.05, 0.1) is 5.69 Å². The van der Waals surface area contributed by atoms with Gasteiger partial charge >= 0.3 is 0 Å². The third-order valence-electron chi connectivity index (χ3n) is 3.16. The Morgan fingerprint density at radius 3 is 2.95 bits per heavy atom. The quantitative estimate of drug-likeness (QED) is 0.748. The molecule has 21 heavy (non-hydrogen) atoms. The number of benzene rings is 1. The van der Waals surface area contributed by atoms with E-state index in [-0.39, 0.29) is 5.91 Å². The Bertz CT molecular complexity index is 844. The first kappa shape index (κ1) is 13.9. The van der Waals surface area contributed by atoms with E-state index in [0.717, 1.165) is 15.8 Å². The average molecular weight is 318 g/mol. The zero-order valence-corrected chi connectivity index (χ0v) is 12.8. The summed E-state index contributed by atoms with van der Waals surface area (Å²) in [7, 11) is 0. The van der Waals surface area contributed by atoms with Gasteiger partial charge < -0.3 is 11.1 Å². The van der Waals surface area contributed by atoms with Crippen LogP contribution in [0.1, 0.15) is 15.2 Å². The summed E-state index contributed by atoms with van der Waals surface area (Å²) in [6, 6.07) is 9.01. The smallest absolute Gasteiger partial charge is 0.267 e. The number of halogens is 1. The summed E-state index contributed by atoms with van der Waals surface area (Å²) in [6.45, 7) is 1.90. The highest BCUT2D eigenvalue weighted by Gasteiger charge is 2.17. The summed E-state index contributed by atoms with van der Waals surface area (Å²) in [6.07, 6.45) is 1.68. The van der Waals surface area contributed by atoms with Crippen molar-refractivity contribution in [2.75, 3.05) is 11.1 Å². The molecule has 0 radical (unpaired) electrons. The number of aromatic nitrogens is 1. The van der Waals surface area contributed by atoms with Crippen LogP contribution in [0, 0.1) is 6.92 Å². The predicted molar refractivity (Wildman–Crippen MR) is 88.2 cm³/mol. The molecule has 106 valence electrons. The van der Waals surface area contributed by atoms with Gasteiger partial charge in [-0.2, -0.15) is 0 Å². The van der Waals surface area contributed by atoms with E-state index in [1.165, 1.54) is 11.3 Å². The summed E-state index contributed by atoms with van der Waals surface area (Å²) < 4.78 is 0. The highest BCUT2D eigenvalue weighted by Crippen LogP contribution is 2.32. The number of anilines is 2. The number of pyridine rings is 1. The monoisotopic (exact) mass is 317 g/mol. The van der Waals surface area contributed by atoms with Gasteiger partial charge in [-0.05, 0) is 36.8 Å². The molecule has 0 bridgehead atoms. The molecule has 0 unspecified atom stereocenters. The topological polar surface area (TPSA) is 68.0 Å². The molecular weight excluding hydrogens is 306 g/mol. The van der Waals surface area contributed by atoms with E-state index in [1.807, 2.05) is 19.1 Å². The number of hydrogen-bond acceptors (Lipinski definition) is 4. The van der Waals surface area contributed by atoms with Gasteiger partial charge in [0.1, 0.15) is 9.71 Å².